The van der Waals surface area contributed by atoms with Gasteiger partial charge in [0.05, 0.1) is 11.5 Å². The van der Waals surface area contributed by atoms with Crippen LogP contribution in [0.2, 0.25) is 0 Å². The van der Waals surface area contributed by atoms with Gasteiger partial charge in [-0.25, -0.2) is 0 Å². The number of thioether (sulfide) groups is 1. The molecule has 1 aromatic rings. The van der Waals surface area contributed by atoms with E-state index in [1.165, 1.54) is 4.90 Å². The molecule has 1 aromatic carbocycles. The molecule has 0 bridgehead atoms. The van der Waals surface area contributed by atoms with Crippen molar-refractivity contribution >= 4 is 27.7 Å². The van der Waals surface area contributed by atoms with E-state index in [1.54, 1.807) is 11.8 Å². The normalized spacial score (nSPS) is 18.6. The van der Waals surface area contributed by atoms with E-state index < -0.39 is 0 Å². The Balaban J connectivity index is 1.96. The van der Waals surface area contributed by atoms with E-state index in [2.05, 4.69) is 34.1 Å². The molecule has 0 radical (unpaired) electrons. The van der Waals surface area contributed by atoms with Crippen LogP contribution in [0.4, 0.5) is 0 Å². The van der Waals surface area contributed by atoms with E-state index in [1.807, 2.05) is 12.1 Å². The lowest BCUT2D eigenvalue weighted by molar-refractivity contribution is 0.0497. The van der Waals surface area contributed by atoms with Crippen LogP contribution in [0, 0.1) is 16.7 Å². The molecule has 4 heteroatoms. The third-order valence-corrected chi connectivity index (χ3v) is 4.85. The molecule has 1 aliphatic rings. The number of hydrogen-bond donors (Lipinski definition) is 0. The lowest BCUT2D eigenvalue weighted by Gasteiger charge is -2.30. The van der Waals surface area contributed by atoms with Crippen LogP contribution in [-0.2, 0) is 4.74 Å². The topological polar surface area (TPSA) is 33.0 Å². The van der Waals surface area contributed by atoms with E-state index in [9.17, 15) is 5.26 Å². The minimum Gasteiger partial charge on any atom is -0.381 e. The van der Waals surface area contributed by atoms with Gasteiger partial charge in [-0.1, -0.05) is 15.9 Å². The summed E-state index contributed by atoms with van der Waals surface area (Å²) in [6.45, 7) is 1.43. The summed E-state index contributed by atoms with van der Waals surface area (Å²) >= 11 is 5.18. The fourth-order valence-electron chi connectivity index (χ4n) is 1.80. The molecule has 0 unspecified atom stereocenters. The van der Waals surface area contributed by atoms with Crippen LogP contribution in [0.1, 0.15) is 12.8 Å². The molecule has 0 aliphatic carbocycles. The van der Waals surface area contributed by atoms with Gasteiger partial charge in [0.1, 0.15) is 0 Å². The zero-order chi connectivity index (χ0) is 12.1. The number of benzene rings is 1. The summed E-state index contributed by atoms with van der Waals surface area (Å²) in [5, 5.41) is 9.34. The first kappa shape index (κ1) is 12.9. The second kappa shape index (κ2) is 5.90. The van der Waals surface area contributed by atoms with Crippen molar-refractivity contribution in [3.05, 3.63) is 28.7 Å². The molecule has 0 N–H and O–H groups in total. The number of nitriles is 1. The van der Waals surface area contributed by atoms with Crippen LogP contribution in [0.15, 0.2) is 33.6 Å². The molecule has 90 valence electrons. The summed E-state index contributed by atoms with van der Waals surface area (Å²) in [7, 11) is 0. The van der Waals surface area contributed by atoms with Gasteiger partial charge in [0, 0.05) is 28.3 Å². The Morgan fingerprint density at radius 2 is 1.94 bits per heavy atom. The molecule has 1 aliphatic heterocycles. The monoisotopic (exact) mass is 311 g/mol. The van der Waals surface area contributed by atoms with Gasteiger partial charge in [-0.15, -0.1) is 11.8 Å². The second-order valence-electron chi connectivity index (χ2n) is 4.25. The highest BCUT2D eigenvalue weighted by Crippen LogP contribution is 2.36. The smallest absolute Gasteiger partial charge is 0.0711 e. The molecule has 0 atom stereocenters. The molecular weight excluding hydrogens is 298 g/mol. The summed E-state index contributed by atoms with van der Waals surface area (Å²) in [5.41, 5.74) is -0.198. The molecule has 0 saturated carbocycles. The molecule has 0 aromatic heterocycles. The highest BCUT2D eigenvalue weighted by Gasteiger charge is 2.32. The van der Waals surface area contributed by atoms with Crippen LogP contribution in [0.5, 0.6) is 0 Å². The quantitative estimate of drug-likeness (QED) is 0.795. The van der Waals surface area contributed by atoms with Gasteiger partial charge < -0.3 is 4.74 Å². The number of hydrogen-bond acceptors (Lipinski definition) is 3. The average Bonchev–Trinajstić information content (AvgIpc) is 2.39. The molecular formula is C13H14BrNOS. The SMILES string of the molecule is N#CC1(CSc2ccc(Br)cc2)CCOCC1. The molecule has 1 heterocycles. The van der Waals surface area contributed by atoms with Crippen LogP contribution in [0.3, 0.4) is 0 Å². The van der Waals surface area contributed by atoms with E-state index in [0.29, 0.717) is 13.2 Å². The number of halogens is 1. The van der Waals surface area contributed by atoms with E-state index in [4.69, 9.17) is 4.74 Å². The Morgan fingerprint density at radius 1 is 1.29 bits per heavy atom. The van der Waals surface area contributed by atoms with Crippen molar-refractivity contribution in [2.75, 3.05) is 19.0 Å². The number of nitrogens with zero attached hydrogens (tertiary/aromatic N) is 1. The Morgan fingerprint density at radius 3 is 2.53 bits per heavy atom. The Hall–Kier alpha value is -0.500. The van der Waals surface area contributed by atoms with Gasteiger partial charge in [-0.05, 0) is 37.1 Å². The van der Waals surface area contributed by atoms with E-state index in [0.717, 1.165) is 23.1 Å². The van der Waals surface area contributed by atoms with Gasteiger partial charge in [0.15, 0.2) is 0 Å². The van der Waals surface area contributed by atoms with E-state index in [-0.39, 0.29) is 5.41 Å². The second-order valence-corrected chi connectivity index (χ2v) is 6.21. The summed E-state index contributed by atoms with van der Waals surface area (Å²) in [6.07, 6.45) is 1.71. The fraction of sp³-hybridized carbons (Fsp3) is 0.462. The maximum atomic E-state index is 9.34. The highest BCUT2D eigenvalue weighted by atomic mass is 79.9. The first-order chi connectivity index (χ1) is 8.24. The van der Waals surface area contributed by atoms with Crippen molar-refractivity contribution in [3.63, 3.8) is 0 Å². The van der Waals surface area contributed by atoms with Crippen molar-refractivity contribution in [2.24, 2.45) is 5.41 Å². The first-order valence-corrected chi connectivity index (χ1v) is 7.39. The Labute approximate surface area is 114 Å². The van der Waals surface area contributed by atoms with Crippen molar-refractivity contribution < 1.29 is 4.74 Å². The predicted molar refractivity (Wildman–Crippen MR) is 73.0 cm³/mol. The third kappa shape index (κ3) is 3.48. The highest BCUT2D eigenvalue weighted by molar-refractivity contribution is 9.10. The molecule has 0 spiro atoms. The molecule has 2 rings (SSSR count). The summed E-state index contributed by atoms with van der Waals surface area (Å²) in [6, 6.07) is 10.7. The summed E-state index contributed by atoms with van der Waals surface area (Å²) in [5.74, 6) is 0.856. The van der Waals surface area contributed by atoms with Crippen LogP contribution >= 0.6 is 27.7 Å². The van der Waals surface area contributed by atoms with Crippen molar-refractivity contribution in [1.82, 2.24) is 0 Å². The molecule has 2 nitrogen and oxygen atoms in total. The summed E-state index contributed by atoms with van der Waals surface area (Å²) < 4.78 is 6.41. The maximum Gasteiger partial charge on any atom is 0.0711 e. The maximum absolute atomic E-state index is 9.34. The standard InChI is InChI=1S/C13H14BrNOS/c14-11-1-3-12(4-2-11)17-10-13(9-15)5-7-16-8-6-13/h1-4H,5-8,10H2. The minimum atomic E-state index is -0.198. The fourth-order valence-corrected chi connectivity index (χ4v) is 3.19. The van der Waals surface area contributed by atoms with Crippen LogP contribution in [-0.4, -0.2) is 19.0 Å². The molecule has 1 saturated heterocycles. The van der Waals surface area contributed by atoms with Gasteiger partial charge in [0.2, 0.25) is 0 Å². The van der Waals surface area contributed by atoms with Crippen LogP contribution in [0.25, 0.3) is 0 Å². The van der Waals surface area contributed by atoms with E-state index >= 15 is 0 Å². The Kier molecular flexibility index (Phi) is 4.49. The molecule has 17 heavy (non-hydrogen) atoms. The van der Waals surface area contributed by atoms with Gasteiger partial charge in [-0.2, -0.15) is 5.26 Å². The molecule has 0 amide bonds. The number of ether oxygens (including phenoxy) is 1. The lowest BCUT2D eigenvalue weighted by Crippen LogP contribution is -2.30. The van der Waals surface area contributed by atoms with Crippen LogP contribution < -0.4 is 0 Å². The molecule has 1 fully saturated rings. The zero-order valence-corrected chi connectivity index (χ0v) is 11.9. The van der Waals surface area contributed by atoms with Crippen molar-refractivity contribution in [1.29, 1.82) is 5.26 Å². The van der Waals surface area contributed by atoms with Gasteiger partial charge in [0.25, 0.3) is 0 Å². The Bertz CT molecular complexity index is 406. The lowest BCUT2D eigenvalue weighted by atomic mass is 9.84. The zero-order valence-electron chi connectivity index (χ0n) is 9.49. The number of rotatable bonds is 3. The average molecular weight is 312 g/mol. The van der Waals surface area contributed by atoms with Crippen molar-refractivity contribution in [3.8, 4) is 6.07 Å². The summed E-state index contributed by atoms with van der Waals surface area (Å²) in [4.78, 5) is 1.22. The van der Waals surface area contributed by atoms with Gasteiger partial charge in [-0.3, -0.25) is 0 Å². The predicted octanol–water partition coefficient (Wildman–Crippen LogP) is 3.86. The third-order valence-electron chi connectivity index (χ3n) is 3.02. The first-order valence-electron chi connectivity index (χ1n) is 5.61. The van der Waals surface area contributed by atoms with Gasteiger partial charge >= 0.3 is 0 Å². The largest absolute Gasteiger partial charge is 0.381 e. The minimum absolute atomic E-state index is 0.198. The van der Waals surface area contributed by atoms with Crippen molar-refractivity contribution in [2.45, 2.75) is 17.7 Å².